The molecule has 1 aromatic heterocycles. The van der Waals surface area contributed by atoms with E-state index in [2.05, 4.69) is 4.98 Å². The van der Waals surface area contributed by atoms with Crippen LogP contribution in [0.1, 0.15) is 15.9 Å². The maximum Gasteiger partial charge on any atom is 0.150 e. The average molecular weight is 189 g/mol. The number of halogens is 1. The van der Waals surface area contributed by atoms with Gasteiger partial charge in [0.05, 0.1) is 0 Å². The number of hydrogen-bond acceptors (Lipinski definition) is 2. The van der Waals surface area contributed by atoms with Crippen molar-refractivity contribution in [1.29, 1.82) is 0 Å². The van der Waals surface area contributed by atoms with Crippen molar-refractivity contribution < 1.29 is 9.18 Å². The molecular formula is C11H8FNO. The molecule has 2 aromatic rings. The van der Waals surface area contributed by atoms with Crippen LogP contribution in [0.2, 0.25) is 0 Å². The van der Waals surface area contributed by atoms with Gasteiger partial charge in [-0.3, -0.25) is 9.78 Å². The van der Waals surface area contributed by atoms with Gasteiger partial charge in [0.15, 0.2) is 0 Å². The number of rotatable bonds is 1. The highest BCUT2D eigenvalue weighted by molar-refractivity contribution is 5.88. The molecule has 0 spiro atoms. The number of carbonyl (C=O) groups is 1. The number of aryl methyl sites for hydroxylation is 1. The van der Waals surface area contributed by atoms with Gasteiger partial charge in [-0.15, -0.1) is 0 Å². The fraction of sp³-hybridized carbons (Fsp3) is 0.0909. The molecule has 0 N–H and O–H groups in total. The van der Waals surface area contributed by atoms with Crippen molar-refractivity contribution in [2.24, 2.45) is 0 Å². The predicted octanol–water partition coefficient (Wildman–Crippen LogP) is 2.49. The average Bonchev–Trinajstić information content (AvgIpc) is 2.19. The van der Waals surface area contributed by atoms with Gasteiger partial charge in [-0.25, -0.2) is 4.39 Å². The van der Waals surface area contributed by atoms with Crippen LogP contribution in [-0.2, 0) is 0 Å². The molecule has 0 saturated carbocycles. The van der Waals surface area contributed by atoms with Gasteiger partial charge >= 0.3 is 0 Å². The number of carbonyl (C=O) groups excluding carboxylic acids is 1. The Hall–Kier alpha value is -1.77. The Balaban J connectivity index is 2.90. The molecule has 0 fully saturated rings. The van der Waals surface area contributed by atoms with Crippen LogP contribution in [0.4, 0.5) is 4.39 Å². The van der Waals surface area contributed by atoms with Crippen LogP contribution in [0.25, 0.3) is 10.9 Å². The fourth-order valence-electron chi connectivity index (χ4n) is 1.43. The Morgan fingerprint density at radius 1 is 1.43 bits per heavy atom. The molecule has 3 heteroatoms. The highest BCUT2D eigenvalue weighted by Crippen LogP contribution is 2.20. The number of aromatic nitrogens is 1. The van der Waals surface area contributed by atoms with Crippen molar-refractivity contribution >= 4 is 17.2 Å². The summed E-state index contributed by atoms with van der Waals surface area (Å²) in [5, 5.41) is 0.689. The van der Waals surface area contributed by atoms with Gasteiger partial charge in [0.1, 0.15) is 17.6 Å². The van der Waals surface area contributed by atoms with Gasteiger partial charge in [-0.05, 0) is 30.7 Å². The Bertz CT molecular complexity index is 508. The summed E-state index contributed by atoms with van der Waals surface area (Å²) in [7, 11) is 0. The van der Waals surface area contributed by atoms with E-state index in [0.29, 0.717) is 22.8 Å². The minimum absolute atomic E-state index is 0.315. The molecule has 0 atom stereocenters. The molecule has 0 bridgehead atoms. The summed E-state index contributed by atoms with van der Waals surface area (Å²) in [5.74, 6) is -0.451. The summed E-state index contributed by atoms with van der Waals surface area (Å²) in [6.45, 7) is 1.86. The number of pyridine rings is 1. The summed E-state index contributed by atoms with van der Waals surface area (Å²) in [6.07, 6.45) is 2.19. The normalized spacial score (nSPS) is 10.4. The molecule has 0 unspecified atom stereocenters. The number of benzene rings is 1. The van der Waals surface area contributed by atoms with E-state index in [4.69, 9.17) is 0 Å². The third-order valence-electron chi connectivity index (χ3n) is 2.17. The van der Waals surface area contributed by atoms with Crippen molar-refractivity contribution in [3.05, 3.63) is 41.3 Å². The standard InChI is InChI=1S/C11H8FNO/c1-7-2-3-13-11-9(7)4-8(6-14)5-10(11)12/h2-6H,1H3. The molecule has 1 heterocycles. The van der Waals surface area contributed by atoms with E-state index in [1.165, 1.54) is 6.07 Å². The zero-order valence-corrected chi connectivity index (χ0v) is 7.62. The Morgan fingerprint density at radius 2 is 2.21 bits per heavy atom. The lowest BCUT2D eigenvalue weighted by Crippen LogP contribution is -1.90. The summed E-state index contributed by atoms with van der Waals surface area (Å²) >= 11 is 0. The van der Waals surface area contributed by atoms with Crippen molar-refractivity contribution in [2.75, 3.05) is 0 Å². The van der Waals surface area contributed by atoms with Gasteiger partial charge in [-0.1, -0.05) is 0 Å². The molecule has 2 rings (SSSR count). The summed E-state index contributed by atoms with van der Waals surface area (Å²) in [4.78, 5) is 14.5. The van der Waals surface area contributed by atoms with Crippen LogP contribution in [0.5, 0.6) is 0 Å². The lowest BCUT2D eigenvalue weighted by atomic mass is 10.1. The zero-order valence-electron chi connectivity index (χ0n) is 7.62. The SMILES string of the molecule is Cc1ccnc2c(F)cc(C=O)cc12. The van der Waals surface area contributed by atoms with Crippen LogP contribution < -0.4 is 0 Å². The smallest absolute Gasteiger partial charge is 0.150 e. The van der Waals surface area contributed by atoms with Crippen molar-refractivity contribution in [3.8, 4) is 0 Å². The maximum atomic E-state index is 13.4. The van der Waals surface area contributed by atoms with Crippen LogP contribution in [-0.4, -0.2) is 11.3 Å². The molecule has 0 aliphatic carbocycles. The van der Waals surface area contributed by atoms with Gasteiger partial charge in [-0.2, -0.15) is 0 Å². The minimum Gasteiger partial charge on any atom is -0.298 e. The topological polar surface area (TPSA) is 30.0 Å². The summed E-state index contributed by atoms with van der Waals surface area (Å²) in [6, 6.07) is 4.63. The molecule has 0 radical (unpaired) electrons. The first-order chi connectivity index (χ1) is 6.72. The molecular weight excluding hydrogens is 181 g/mol. The lowest BCUT2D eigenvalue weighted by molar-refractivity contribution is 0.112. The molecule has 0 saturated heterocycles. The number of hydrogen-bond donors (Lipinski definition) is 0. The summed E-state index contributed by atoms with van der Waals surface area (Å²) in [5.41, 5.74) is 1.57. The highest BCUT2D eigenvalue weighted by atomic mass is 19.1. The van der Waals surface area contributed by atoms with Gasteiger partial charge < -0.3 is 0 Å². The molecule has 0 aliphatic rings. The molecule has 1 aromatic carbocycles. The molecule has 70 valence electrons. The second kappa shape index (κ2) is 3.18. The van der Waals surface area contributed by atoms with Crippen LogP contribution in [0, 0.1) is 12.7 Å². The summed E-state index contributed by atoms with van der Waals surface area (Å²) < 4.78 is 13.4. The third-order valence-corrected chi connectivity index (χ3v) is 2.17. The fourth-order valence-corrected chi connectivity index (χ4v) is 1.43. The molecule has 14 heavy (non-hydrogen) atoms. The first kappa shape index (κ1) is 8.81. The first-order valence-corrected chi connectivity index (χ1v) is 4.22. The van der Waals surface area contributed by atoms with Gasteiger partial charge in [0.25, 0.3) is 0 Å². The lowest BCUT2D eigenvalue weighted by Gasteiger charge is -2.02. The van der Waals surface area contributed by atoms with Crippen molar-refractivity contribution in [3.63, 3.8) is 0 Å². The van der Waals surface area contributed by atoms with Crippen molar-refractivity contribution in [1.82, 2.24) is 4.98 Å². The third kappa shape index (κ3) is 1.27. The van der Waals surface area contributed by atoms with Crippen LogP contribution >= 0.6 is 0 Å². The van der Waals surface area contributed by atoms with E-state index < -0.39 is 5.82 Å². The first-order valence-electron chi connectivity index (χ1n) is 4.22. The van der Waals surface area contributed by atoms with Gasteiger partial charge in [0, 0.05) is 17.1 Å². The van der Waals surface area contributed by atoms with Gasteiger partial charge in [0.2, 0.25) is 0 Å². The Morgan fingerprint density at radius 3 is 2.93 bits per heavy atom. The minimum atomic E-state index is -0.451. The van der Waals surface area contributed by atoms with E-state index >= 15 is 0 Å². The second-order valence-electron chi connectivity index (χ2n) is 3.14. The maximum absolute atomic E-state index is 13.4. The van der Waals surface area contributed by atoms with E-state index in [0.717, 1.165) is 5.56 Å². The highest BCUT2D eigenvalue weighted by Gasteiger charge is 2.05. The molecule has 0 amide bonds. The predicted molar refractivity (Wildman–Crippen MR) is 51.8 cm³/mol. The monoisotopic (exact) mass is 189 g/mol. The quantitative estimate of drug-likeness (QED) is 0.645. The Kier molecular flexibility index (Phi) is 2.00. The van der Waals surface area contributed by atoms with Crippen LogP contribution in [0.15, 0.2) is 24.4 Å². The second-order valence-corrected chi connectivity index (χ2v) is 3.14. The van der Waals surface area contributed by atoms with Crippen LogP contribution in [0.3, 0.4) is 0 Å². The molecule has 0 aliphatic heterocycles. The molecule has 2 nitrogen and oxygen atoms in total. The van der Waals surface area contributed by atoms with Crippen molar-refractivity contribution in [2.45, 2.75) is 6.92 Å². The largest absolute Gasteiger partial charge is 0.298 e. The number of fused-ring (bicyclic) bond motifs is 1. The van der Waals surface area contributed by atoms with E-state index in [1.807, 2.05) is 6.92 Å². The number of nitrogens with zero attached hydrogens (tertiary/aromatic N) is 1. The zero-order chi connectivity index (χ0) is 10.1. The van der Waals surface area contributed by atoms with E-state index in [1.54, 1.807) is 18.3 Å². The Labute approximate surface area is 80.4 Å². The van der Waals surface area contributed by atoms with E-state index in [-0.39, 0.29) is 0 Å². The van der Waals surface area contributed by atoms with E-state index in [9.17, 15) is 9.18 Å². The number of aldehydes is 1.